The fraction of sp³-hybridized carbons (Fsp3) is 0.409. The Morgan fingerprint density at radius 3 is 2.22 bits per heavy atom. The highest BCUT2D eigenvalue weighted by atomic mass is 32.2. The molecule has 1 aliphatic rings. The molecule has 1 aliphatic heterocycles. The third-order valence-electron chi connectivity index (χ3n) is 5.35. The monoisotopic (exact) mass is 383 g/mol. The molecule has 4 nitrogen and oxygen atoms in total. The van der Waals surface area contributed by atoms with E-state index in [9.17, 15) is 8.42 Å². The van der Waals surface area contributed by atoms with Gasteiger partial charge in [-0.1, -0.05) is 36.4 Å². The number of hydrogen-bond acceptors (Lipinski definition) is 4. The van der Waals surface area contributed by atoms with Gasteiger partial charge in [0.1, 0.15) is 0 Å². The first kappa shape index (κ1) is 19.6. The number of sulfone groups is 1. The average Bonchev–Trinajstić information content (AvgIpc) is 2.68. The zero-order valence-corrected chi connectivity index (χ0v) is 16.6. The number of rotatable bonds is 5. The van der Waals surface area contributed by atoms with Crippen LogP contribution in [-0.2, 0) is 14.6 Å². The molecule has 0 saturated carbocycles. The molecule has 0 aliphatic carbocycles. The molecule has 0 aromatic heterocycles. The fourth-order valence-corrected chi connectivity index (χ4v) is 4.88. The molecule has 0 amide bonds. The van der Waals surface area contributed by atoms with Gasteiger partial charge in [-0.3, -0.25) is 0 Å². The maximum atomic E-state index is 12.4. The van der Waals surface area contributed by atoms with Crippen molar-refractivity contribution in [1.82, 2.24) is 0 Å². The Kier molecular flexibility index (Phi) is 5.98. The Morgan fingerprint density at radius 2 is 1.67 bits per heavy atom. The lowest BCUT2D eigenvalue weighted by Crippen LogP contribution is -2.33. The van der Waals surface area contributed by atoms with Crippen molar-refractivity contribution in [3.63, 3.8) is 0 Å². The van der Waals surface area contributed by atoms with Crippen molar-refractivity contribution in [2.45, 2.75) is 31.4 Å². The molecule has 2 aromatic rings. The summed E-state index contributed by atoms with van der Waals surface area (Å²) in [5.74, 6) is 0.407. The average molecular weight is 384 g/mol. The van der Waals surface area contributed by atoms with Gasteiger partial charge < -0.3 is 4.74 Å². The lowest BCUT2D eigenvalue weighted by Gasteiger charge is -2.32. The lowest BCUT2D eigenvalue weighted by atomic mass is 9.84. The van der Waals surface area contributed by atoms with Crippen LogP contribution in [0.4, 0.5) is 0 Å². The van der Waals surface area contributed by atoms with Crippen LogP contribution in [0.15, 0.2) is 48.5 Å². The van der Waals surface area contributed by atoms with Crippen LogP contribution >= 0.6 is 0 Å². The Bertz CT molecular complexity index is 910. The number of hydrogen-bond donors (Lipinski definition) is 0. The summed E-state index contributed by atoms with van der Waals surface area (Å²) >= 11 is 0. The van der Waals surface area contributed by atoms with E-state index < -0.39 is 9.84 Å². The standard InChI is InChI=1S/C22H25NO3S/c1-16(2)27(24,25)15-21-11-12-26-14-22(21)20-9-7-19(8-10-20)18-5-3-17(13-23)4-6-18/h3-10,16,21-22H,11-12,14-15H2,1-2H3/t21-,22+/m1/s1. The van der Waals surface area contributed by atoms with Crippen LogP contribution in [-0.4, -0.2) is 32.6 Å². The summed E-state index contributed by atoms with van der Waals surface area (Å²) in [6.07, 6.45) is 0.772. The summed E-state index contributed by atoms with van der Waals surface area (Å²) in [7, 11) is -3.08. The molecule has 0 N–H and O–H groups in total. The van der Waals surface area contributed by atoms with E-state index in [4.69, 9.17) is 10.00 Å². The summed E-state index contributed by atoms with van der Waals surface area (Å²) in [5.41, 5.74) is 3.89. The van der Waals surface area contributed by atoms with Crippen LogP contribution in [0.2, 0.25) is 0 Å². The van der Waals surface area contributed by atoms with Crippen LogP contribution in [0.1, 0.15) is 37.3 Å². The van der Waals surface area contributed by atoms with Crippen LogP contribution in [0.3, 0.4) is 0 Å². The molecule has 3 rings (SSSR count). The van der Waals surface area contributed by atoms with Gasteiger partial charge in [-0.05, 0) is 55.0 Å². The Hall–Kier alpha value is -2.16. The van der Waals surface area contributed by atoms with Gasteiger partial charge in [-0.2, -0.15) is 5.26 Å². The van der Waals surface area contributed by atoms with E-state index in [2.05, 4.69) is 30.3 Å². The van der Waals surface area contributed by atoms with E-state index in [-0.39, 0.29) is 22.8 Å². The van der Waals surface area contributed by atoms with Crippen molar-refractivity contribution in [1.29, 1.82) is 5.26 Å². The third-order valence-corrected chi connectivity index (χ3v) is 7.68. The first-order chi connectivity index (χ1) is 12.9. The molecule has 0 radical (unpaired) electrons. The number of ether oxygens (including phenoxy) is 1. The van der Waals surface area contributed by atoms with Crippen molar-refractivity contribution >= 4 is 9.84 Å². The molecule has 142 valence electrons. The maximum absolute atomic E-state index is 12.4. The van der Waals surface area contributed by atoms with Crippen LogP contribution in [0.5, 0.6) is 0 Å². The molecular weight excluding hydrogens is 358 g/mol. The van der Waals surface area contributed by atoms with E-state index in [1.54, 1.807) is 13.8 Å². The molecule has 0 unspecified atom stereocenters. The van der Waals surface area contributed by atoms with Crippen molar-refractivity contribution in [3.05, 3.63) is 59.7 Å². The predicted molar refractivity (Wildman–Crippen MR) is 107 cm³/mol. The van der Waals surface area contributed by atoms with Crippen molar-refractivity contribution in [2.24, 2.45) is 5.92 Å². The molecule has 1 saturated heterocycles. The Balaban J connectivity index is 1.80. The van der Waals surface area contributed by atoms with Gasteiger partial charge >= 0.3 is 0 Å². The molecule has 1 fully saturated rings. The Morgan fingerprint density at radius 1 is 1.07 bits per heavy atom. The highest BCUT2D eigenvalue weighted by Crippen LogP contribution is 2.34. The third kappa shape index (κ3) is 4.58. The normalized spacial score (nSPS) is 20.4. The first-order valence-corrected chi connectivity index (χ1v) is 11.0. The van der Waals surface area contributed by atoms with Gasteiger partial charge in [0.25, 0.3) is 0 Å². The summed E-state index contributed by atoms with van der Waals surface area (Å²) in [4.78, 5) is 0. The summed E-state index contributed by atoms with van der Waals surface area (Å²) < 4.78 is 30.5. The van der Waals surface area contributed by atoms with Crippen molar-refractivity contribution in [2.75, 3.05) is 19.0 Å². The quantitative estimate of drug-likeness (QED) is 0.777. The van der Waals surface area contributed by atoms with Gasteiger partial charge in [0, 0.05) is 12.5 Å². The maximum Gasteiger partial charge on any atom is 0.152 e. The molecule has 2 atom stereocenters. The van der Waals surface area contributed by atoms with Crippen molar-refractivity contribution < 1.29 is 13.2 Å². The summed E-state index contributed by atoms with van der Waals surface area (Å²) in [6, 6.07) is 17.9. The smallest absolute Gasteiger partial charge is 0.152 e. The van der Waals surface area contributed by atoms with Gasteiger partial charge in [-0.25, -0.2) is 8.42 Å². The van der Waals surface area contributed by atoms with Crippen LogP contribution in [0.25, 0.3) is 11.1 Å². The van der Waals surface area contributed by atoms with E-state index in [0.29, 0.717) is 18.8 Å². The minimum Gasteiger partial charge on any atom is -0.381 e. The molecule has 5 heteroatoms. The SMILES string of the molecule is CC(C)S(=O)(=O)C[C@H]1CCOC[C@H]1c1ccc(-c2ccc(C#N)cc2)cc1. The van der Waals surface area contributed by atoms with E-state index in [0.717, 1.165) is 23.1 Å². The second-order valence-corrected chi connectivity index (χ2v) is 10.0. The largest absolute Gasteiger partial charge is 0.381 e. The summed E-state index contributed by atoms with van der Waals surface area (Å²) in [6.45, 7) is 4.68. The highest BCUT2D eigenvalue weighted by molar-refractivity contribution is 7.91. The van der Waals surface area contributed by atoms with Crippen LogP contribution in [0, 0.1) is 17.2 Å². The van der Waals surface area contributed by atoms with E-state index >= 15 is 0 Å². The first-order valence-electron chi connectivity index (χ1n) is 9.30. The topological polar surface area (TPSA) is 67.2 Å². The van der Waals surface area contributed by atoms with Gasteiger partial charge in [0.2, 0.25) is 0 Å². The number of nitrogens with zero attached hydrogens (tertiary/aromatic N) is 1. The minimum absolute atomic E-state index is 0.0897. The fourth-order valence-electron chi connectivity index (χ4n) is 3.50. The van der Waals surface area contributed by atoms with Crippen LogP contribution < -0.4 is 0 Å². The summed E-state index contributed by atoms with van der Waals surface area (Å²) in [5, 5.41) is 8.57. The van der Waals surface area contributed by atoms with E-state index in [1.165, 1.54) is 0 Å². The second kappa shape index (κ2) is 8.24. The molecule has 1 heterocycles. The molecule has 2 aromatic carbocycles. The zero-order chi connectivity index (χ0) is 19.4. The molecular formula is C22H25NO3S. The predicted octanol–water partition coefficient (Wildman–Crippen LogP) is 4.17. The molecule has 0 bridgehead atoms. The lowest BCUT2D eigenvalue weighted by molar-refractivity contribution is 0.0531. The van der Waals surface area contributed by atoms with Gasteiger partial charge in [0.05, 0.1) is 29.2 Å². The van der Waals surface area contributed by atoms with E-state index in [1.807, 2.05) is 24.3 Å². The Labute approximate surface area is 161 Å². The second-order valence-electron chi connectivity index (χ2n) is 7.42. The number of nitriles is 1. The highest BCUT2D eigenvalue weighted by Gasteiger charge is 2.32. The van der Waals surface area contributed by atoms with Crippen molar-refractivity contribution in [3.8, 4) is 17.2 Å². The number of benzene rings is 2. The zero-order valence-electron chi connectivity index (χ0n) is 15.8. The minimum atomic E-state index is -3.08. The molecule has 27 heavy (non-hydrogen) atoms. The molecule has 0 spiro atoms. The van der Waals surface area contributed by atoms with Gasteiger partial charge in [0.15, 0.2) is 9.84 Å². The van der Waals surface area contributed by atoms with Gasteiger partial charge in [-0.15, -0.1) is 0 Å².